The number of morpholine rings is 1. The van der Waals surface area contributed by atoms with Crippen molar-refractivity contribution in [3.8, 4) is 11.5 Å². The molecule has 15 nitrogen and oxygen atoms in total. The van der Waals surface area contributed by atoms with Crippen LogP contribution in [0.25, 0.3) is 16.6 Å². The summed E-state index contributed by atoms with van der Waals surface area (Å²) in [5.74, 6) is -0.381. The van der Waals surface area contributed by atoms with E-state index in [1.807, 2.05) is 30.3 Å². The number of amides is 1. The molecule has 17 heteroatoms. The summed E-state index contributed by atoms with van der Waals surface area (Å²) in [4.78, 5) is 40.4. The number of H-pyrrole nitrogens is 1. The first-order chi connectivity index (χ1) is 33.0. The van der Waals surface area contributed by atoms with Crippen LogP contribution in [0.2, 0.25) is 5.02 Å². The van der Waals surface area contributed by atoms with E-state index >= 15 is 0 Å². The number of pyridine rings is 1. The number of nitro benzene ring substituents is 1. The van der Waals surface area contributed by atoms with Crippen LogP contribution in [0.5, 0.6) is 11.5 Å². The van der Waals surface area contributed by atoms with Gasteiger partial charge < -0.3 is 24.7 Å². The molecule has 2 aromatic heterocycles. The van der Waals surface area contributed by atoms with Crippen molar-refractivity contribution in [2.24, 2.45) is 5.41 Å². The van der Waals surface area contributed by atoms with E-state index in [4.69, 9.17) is 21.1 Å². The Morgan fingerprint density at radius 2 is 1.71 bits per heavy atom. The number of nitrogens with one attached hydrogen (secondary N) is 3. The second-order valence-electron chi connectivity index (χ2n) is 19.2. The molecule has 358 valence electrons. The Kier molecular flexibility index (Phi) is 13.5. The van der Waals surface area contributed by atoms with Crippen molar-refractivity contribution in [1.82, 2.24) is 24.5 Å². The van der Waals surface area contributed by atoms with Crippen molar-refractivity contribution >= 4 is 61.2 Å². The number of sulfonamides is 1. The van der Waals surface area contributed by atoms with Crippen molar-refractivity contribution in [3.05, 3.63) is 117 Å². The molecule has 3 aromatic carbocycles. The van der Waals surface area contributed by atoms with Gasteiger partial charge >= 0.3 is 0 Å². The maximum Gasteiger partial charge on any atom is 0.293 e. The third-order valence-corrected chi connectivity index (χ3v) is 16.6. The fourth-order valence-electron chi connectivity index (χ4n) is 11.4. The number of carbonyl (C=O) groups excluding carboxylic acids is 1. The largest absolute Gasteiger partial charge is 0.453 e. The van der Waals surface area contributed by atoms with E-state index in [-0.39, 0.29) is 28.7 Å². The molecule has 3 aliphatic carbocycles. The average Bonchev–Trinajstić information content (AvgIpc) is 4.02. The van der Waals surface area contributed by atoms with Crippen LogP contribution in [0, 0.1) is 15.5 Å². The van der Waals surface area contributed by atoms with Gasteiger partial charge in [0, 0.05) is 80.6 Å². The smallest absolute Gasteiger partial charge is 0.293 e. The Labute approximate surface area is 402 Å². The number of rotatable bonds is 13. The summed E-state index contributed by atoms with van der Waals surface area (Å²) in [6.07, 6.45) is 15.5. The molecule has 2 saturated heterocycles. The number of fused-ring (bicyclic) bond motifs is 1. The lowest BCUT2D eigenvalue weighted by atomic mass is 9.69. The lowest BCUT2D eigenvalue weighted by molar-refractivity contribution is -0.384. The normalized spacial score (nSPS) is 21.6. The first-order valence-electron chi connectivity index (χ1n) is 24.1. The molecular formula is C51H59ClN8O7S. The molecule has 4 heterocycles. The van der Waals surface area contributed by atoms with Gasteiger partial charge in [0.2, 0.25) is 0 Å². The first-order valence-corrected chi connectivity index (χ1v) is 26.0. The second-order valence-corrected chi connectivity index (χ2v) is 21.4. The predicted octanol–water partition coefficient (Wildman–Crippen LogP) is 9.41. The summed E-state index contributed by atoms with van der Waals surface area (Å²) in [7, 11) is -4.59. The Morgan fingerprint density at radius 3 is 2.46 bits per heavy atom. The van der Waals surface area contributed by atoms with E-state index in [1.165, 1.54) is 67.0 Å². The van der Waals surface area contributed by atoms with Crippen LogP contribution in [0.15, 0.2) is 95.7 Å². The average molecular weight is 964 g/mol. The van der Waals surface area contributed by atoms with Gasteiger partial charge in [-0.25, -0.2) is 18.1 Å². The first kappa shape index (κ1) is 46.2. The van der Waals surface area contributed by atoms with Gasteiger partial charge in [-0.15, -0.1) is 0 Å². The van der Waals surface area contributed by atoms with E-state index in [1.54, 1.807) is 18.5 Å². The van der Waals surface area contributed by atoms with E-state index in [2.05, 4.69) is 46.8 Å². The van der Waals surface area contributed by atoms with Crippen molar-refractivity contribution in [2.45, 2.75) is 87.6 Å². The van der Waals surface area contributed by atoms with Crippen LogP contribution in [-0.4, -0.2) is 110 Å². The summed E-state index contributed by atoms with van der Waals surface area (Å²) >= 11 is 6.31. The number of nitrogens with zero attached hydrogens (tertiary/aromatic N) is 5. The van der Waals surface area contributed by atoms with Gasteiger partial charge in [-0.2, -0.15) is 0 Å². The number of halogens is 1. The quantitative estimate of drug-likeness (QED) is 0.0755. The number of hydrogen-bond donors (Lipinski definition) is 3. The molecule has 1 amide bonds. The van der Waals surface area contributed by atoms with E-state index < -0.39 is 25.7 Å². The lowest BCUT2D eigenvalue weighted by Crippen LogP contribution is -2.47. The Balaban J connectivity index is 0.870. The van der Waals surface area contributed by atoms with Crippen LogP contribution >= 0.6 is 11.6 Å². The fourth-order valence-corrected chi connectivity index (χ4v) is 12.5. The molecule has 68 heavy (non-hydrogen) atoms. The van der Waals surface area contributed by atoms with Crippen LogP contribution in [0.4, 0.5) is 17.1 Å². The predicted molar refractivity (Wildman–Crippen MR) is 264 cm³/mol. The van der Waals surface area contributed by atoms with Crippen molar-refractivity contribution in [3.63, 3.8) is 0 Å². The SMILES string of the molecule is O=C(NS(=O)(=O)c1ccc(NC2CCC(N3CCOCC3)CC2)c([N+](=O)[O-])c1)c1cccc(N2CCN(CC3=C(c4ccc(Cl)cc4)CCC4(CCCC4)C3)CC2)c1Oc1cnc2[nH]ccc2c1. The number of carbonyl (C=O) groups is 1. The molecule has 2 aliphatic heterocycles. The standard InChI is InChI=1S/C51H59ClN8O7S/c52-38-8-6-35(7-9-38)43-16-20-51(18-1-2-19-51)32-37(43)34-57-22-24-59(25-23-57)46-5-3-4-44(48(46)67-41-30-36-17-21-53-49(36)54-33-41)50(61)56-68(64,65)42-14-15-45(47(31-42)60(62)63)55-39-10-12-40(13-11-39)58-26-28-66-29-27-58/h3-9,14-15,17,21,30-31,33,39-40,55H,1-2,10-13,16,18-20,22-29,32,34H2,(H,53,54)(H,56,61). The number of aromatic amines is 1. The minimum absolute atomic E-state index is 0.00125. The van der Waals surface area contributed by atoms with Gasteiger partial charge in [0.15, 0.2) is 5.75 Å². The molecule has 5 aliphatic rings. The van der Waals surface area contributed by atoms with Gasteiger partial charge in [0.1, 0.15) is 17.1 Å². The lowest BCUT2D eigenvalue weighted by Gasteiger charge is -2.41. The summed E-state index contributed by atoms with van der Waals surface area (Å²) in [5, 5.41) is 17.3. The minimum Gasteiger partial charge on any atom is -0.453 e. The highest BCUT2D eigenvalue weighted by molar-refractivity contribution is 7.90. The highest BCUT2D eigenvalue weighted by Crippen LogP contribution is 2.52. The molecule has 0 bridgehead atoms. The molecule has 0 unspecified atom stereocenters. The monoisotopic (exact) mass is 962 g/mol. The second kappa shape index (κ2) is 19.8. The third-order valence-electron chi connectivity index (χ3n) is 15.1. The van der Waals surface area contributed by atoms with Crippen molar-refractivity contribution in [1.29, 1.82) is 0 Å². The molecule has 10 rings (SSSR count). The number of ether oxygens (including phenoxy) is 2. The molecule has 5 aromatic rings. The molecule has 2 saturated carbocycles. The number of nitro groups is 1. The number of benzene rings is 3. The fraction of sp³-hybridized carbons (Fsp3) is 0.451. The van der Waals surface area contributed by atoms with Crippen molar-refractivity contribution in [2.75, 3.05) is 69.2 Å². The minimum atomic E-state index is -4.59. The van der Waals surface area contributed by atoms with Gasteiger partial charge in [-0.3, -0.25) is 24.7 Å². The van der Waals surface area contributed by atoms with Crippen LogP contribution in [0.3, 0.4) is 0 Å². The number of piperazine rings is 1. The van der Waals surface area contributed by atoms with E-state index in [9.17, 15) is 23.3 Å². The Morgan fingerprint density at radius 1 is 0.941 bits per heavy atom. The van der Waals surface area contributed by atoms with E-state index in [0.29, 0.717) is 41.6 Å². The number of para-hydroxylation sites is 1. The van der Waals surface area contributed by atoms with Gasteiger partial charge in [-0.1, -0.05) is 48.2 Å². The number of hydrogen-bond acceptors (Lipinski definition) is 12. The van der Waals surface area contributed by atoms with Crippen LogP contribution in [-0.2, 0) is 14.8 Å². The Bertz CT molecular complexity index is 2790. The third kappa shape index (κ3) is 10.1. The zero-order valence-corrected chi connectivity index (χ0v) is 39.8. The number of anilines is 2. The molecule has 3 N–H and O–H groups in total. The molecule has 0 atom stereocenters. The van der Waals surface area contributed by atoms with Crippen molar-refractivity contribution < 1.29 is 27.6 Å². The maximum atomic E-state index is 14.3. The maximum absolute atomic E-state index is 14.3. The van der Waals surface area contributed by atoms with E-state index in [0.717, 1.165) is 101 Å². The summed E-state index contributed by atoms with van der Waals surface area (Å²) < 4.78 is 42.3. The van der Waals surface area contributed by atoms with Crippen LogP contribution in [0.1, 0.15) is 86.6 Å². The zero-order chi connectivity index (χ0) is 46.8. The highest BCUT2D eigenvalue weighted by atomic mass is 35.5. The van der Waals surface area contributed by atoms with Gasteiger partial charge in [0.05, 0.1) is 40.5 Å². The summed E-state index contributed by atoms with van der Waals surface area (Å²) in [5.41, 5.74) is 5.76. The Hall–Kier alpha value is -5.52. The molecule has 4 fully saturated rings. The van der Waals surface area contributed by atoms with Crippen LogP contribution < -0.4 is 19.7 Å². The topological polar surface area (TPSA) is 175 Å². The number of allylic oxidation sites excluding steroid dienone is 1. The van der Waals surface area contributed by atoms with Gasteiger partial charge in [0.25, 0.3) is 21.6 Å². The highest BCUT2D eigenvalue weighted by Gasteiger charge is 2.39. The molecule has 1 spiro atoms. The zero-order valence-electron chi connectivity index (χ0n) is 38.3. The summed E-state index contributed by atoms with van der Waals surface area (Å²) in [6.45, 7) is 6.98. The molecule has 0 radical (unpaired) electrons. The van der Waals surface area contributed by atoms with Gasteiger partial charge in [-0.05, 0) is 123 Å². The summed E-state index contributed by atoms with van der Waals surface area (Å²) in [6, 6.07) is 21.3. The molecular weight excluding hydrogens is 904 g/mol. The number of aromatic nitrogens is 2.